The van der Waals surface area contributed by atoms with E-state index < -0.39 is 0 Å². The van der Waals surface area contributed by atoms with Gasteiger partial charge in [-0.25, -0.2) is 9.97 Å². The average molecular weight is 573 g/mol. The Morgan fingerprint density at radius 3 is 1.61 bits per heavy atom. The standard InChI is InChI=1S/C25H27Br2N5O/c1-33-21-8-6-18(7-9-21)32(24-16-19(14-22(26)28-24)30-10-2-3-11-30)25-17-20(15-23(27)29-25)31-12-4-5-13-31/h6-9,14-17H,2-5,10-13H2,1H3. The van der Waals surface area contributed by atoms with Crippen LogP contribution in [0.2, 0.25) is 0 Å². The minimum absolute atomic E-state index is 0.815. The lowest BCUT2D eigenvalue weighted by molar-refractivity contribution is 0.415. The zero-order valence-corrected chi connectivity index (χ0v) is 21.8. The normalized spacial score (nSPS) is 15.8. The second-order valence-electron chi connectivity index (χ2n) is 8.43. The maximum Gasteiger partial charge on any atom is 0.142 e. The molecule has 2 fully saturated rings. The Morgan fingerprint density at radius 1 is 0.727 bits per heavy atom. The summed E-state index contributed by atoms with van der Waals surface area (Å²) < 4.78 is 7.02. The molecule has 0 amide bonds. The van der Waals surface area contributed by atoms with Crippen molar-refractivity contribution in [2.75, 3.05) is 48.0 Å². The highest BCUT2D eigenvalue weighted by atomic mass is 79.9. The van der Waals surface area contributed by atoms with Crippen molar-refractivity contribution in [3.8, 4) is 5.75 Å². The quantitative estimate of drug-likeness (QED) is 0.307. The smallest absolute Gasteiger partial charge is 0.142 e. The molecule has 2 aromatic heterocycles. The van der Waals surface area contributed by atoms with Gasteiger partial charge in [-0.15, -0.1) is 0 Å². The van der Waals surface area contributed by atoms with Crippen molar-refractivity contribution >= 4 is 60.6 Å². The molecule has 2 saturated heterocycles. The Labute approximate surface area is 211 Å². The van der Waals surface area contributed by atoms with Crippen LogP contribution >= 0.6 is 31.9 Å². The highest BCUT2D eigenvalue weighted by Gasteiger charge is 2.22. The first kappa shape index (κ1) is 22.5. The van der Waals surface area contributed by atoms with Crippen molar-refractivity contribution in [1.29, 1.82) is 0 Å². The number of pyridine rings is 2. The van der Waals surface area contributed by atoms with Gasteiger partial charge in [0.15, 0.2) is 0 Å². The topological polar surface area (TPSA) is 44.7 Å². The van der Waals surface area contributed by atoms with E-state index in [0.717, 1.165) is 58.5 Å². The molecule has 3 aromatic rings. The molecule has 0 atom stereocenters. The van der Waals surface area contributed by atoms with E-state index in [1.54, 1.807) is 7.11 Å². The van der Waals surface area contributed by atoms with E-state index in [-0.39, 0.29) is 0 Å². The van der Waals surface area contributed by atoms with Crippen LogP contribution < -0.4 is 19.4 Å². The molecule has 4 heterocycles. The van der Waals surface area contributed by atoms with Crippen molar-refractivity contribution in [3.05, 3.63) is 57.7 Å². The van der Waals surface area contributed by atoms with Gasteiger partial charge in [-0.05, 0) is 93.9 Å². The number of halogens is 2. The monoisotopic (exact) mass is 571 g/mol. The molecule has 1 aromatic carbocycles. The number of nitrogens with zero attached hydrogens (tertiary/aromatic N) is 5. The van der Waals surface area contributed by atoms with Crippen LogP contribution in [0.4, 0.5) is 28.7 Å². The predicted molar refractivity (Wildman–Crippen MR) is 142 cm³/mol. The average Bonchev–Trinajstić information content (AvgIpc) is 3.54. The third kappa shape index (κ3) is 4.96. The second kappa shape index (κ2) is 9.89. The molecule has 0 unspecified atom stereocenters. The Kier molecular flexibility index (Phi) is 6.74. The second-order valence-corrected chi connectivity index (χ2v) is 10.1. The Bertz CT molecular complexity index is 1050. The lowest BCUT2D eigenvalue weighted by Gasteiger charge is -2.27. The van der Waals surface area contributed by atoms with Crippen molar-refractivity contribution in [1.82, 2.24) is 9.97 Å². The van der Waals surface area contributed by atoms with Gasteiger partial charge in [-0.2, -0.15) is 0 Å². The van der Waals surface area contributed by atoms with Crippen molar-refractivity contribution < 1.29 is 4.74 Å². The summed E-state index contributed by atoms with van der Waals surface area (Å²) in [6, 6.07) is 16.6. The fraction of sp³-hybridized carbons (Fsp3) is 0.360. The molecule has 0 aliphatic carbocycles. The molecule has 8 heteroatoms. The Hall–Kier alpha value is -2.32. The molecule has 0 bridgehead atoms. The van der Waals surface area contributed by atoms with Gasteiger partial charge >= 0.3 is 0 Å². The summed E-state index contributed by atoms with van der Waals surface area (Å²) in [5.41, 5.74) is 3.34. The zero-order chi connectivity index (χ0) is 22.8. The molecule has 5 rings (SSSR count). The molecule has 33 heavy (non-hydrogen) atoms. The fourth-order valence-electron chi connectivity index (χ4n) is 4.60. The Morgan fingerprint density at radius 2 is 1.18 bits per heavy atom. The molecular formula is C25H27Br2N5O. The molecule has 172 valence electrons. The molecule has 2 aliphatic heterocycles. The van der Waals surface area contributed by atoms with Gasteiger partial charge in [0.1, 0.15) is 26.6 Å². The lowest BCUT2D eigenvalue weighted by Crippen LogP contribution is -2.21. The minimum Gasteiger partial charge on any atom is -0.497 e. The van der Waals surface area contributed by atoms with Crippen LogP contribution in [-0.4, -0.2) is 43.3 Å². The van der Waals surface area contributed by atoms with Crippen molar-refractivity contribution in [2.24, 2.45) is 0 Å². The van der Waals surface area contributed by atoms with Crippen LogP contribution in [-0.2, 0) is 0 Å². The SMILES string of the molecule is COc1ccc(N(c2cc(N3CCCC3)cc(Br)n2)c2cc(N3CCCC3)cc(Br)n2)cc1. The summed E-state index contributed by atoms with van der Waals surface area (Å²) in [6.07, 6.45) is 4.90. The van der Waals surface area contributed by atoms with Crippen LogP contribution in [0.25, 0.3) is 0 Å². The van der Waals surface area contributed by atoms with E-state index in [1.807, 2.05) is 12.1 Å². The third-order valence-corrected chi connectivity index (χ3v) is 7.07. The van der Waals surface area contributed by atoms with Crippen LogP contribution in [0.1, 0.15) is 25.7 Å². The molecule has 0 saturated carbocycles. The number of aromatic nitrogens is 2. The van der Waals surface area contributed by atoms with Gasteiger partial charge in [-0.3, -0.25) is 4.90 Å². The fourth-order valence-corrected chi connectivity index (χ4v) is 5.43. The van der Waals surface area contributed by atoms with E-state index in [2.05, 4.69) is 83.0 Å². The highest BCUT2D eigenvalue weighted by Crippen LogP contribution is 2.39. The van der Waals surface area contributed by atoms with E-state index in [1.165, 1.54) is 37.1 Å². The van der Waals surface area contributed by atoms with Gasteiger partial charge in [0.2, 0.25) is 0 Å². The van der Waals surface area contributed by atoms with Gasteiger partial charge in [-0.1, -0.05) is 0 Å². The molecule has 0 spiro atoms. The van der Waals surface area contributed by atoms with Crippen LogP contribution in [0.5, 0.6) is 5.75 Å². The Balaban J connectivity index is 1.63. The van der Waals surface area contributed by atoms with Crippen LogP contribution in [0, 0.1) is 0 Å². The number of anilines is 5. The third-order valence-electron chi connectivity index (χ3n) is 6.26. The van der Waals surface area contributed by atoms with Gasteiger partial charge in [0.25, 0.3) is 0 Å². The summed E-state index contributed by atoms with van der Waals surface area (Å²) in [7, 11) is 1.68. The lowest BCUT2D eigenvalue weighted by atomic mass is 10.2. The number of hydrogen-bond acceptors (Lipinski definition) is 6. The summed E-state index contributed by atoms with van der Waals surface area (Å²) in [4.78, 5) is 16.7. The molecule has 6 nitrogen and oxygen atoms in total. The molecule has 0 radical (unpaired) electrons. The largest absolute Gasteiger partial charge is 0.497 e. The van der Waals surface area contributed by atoms with Crippen LogP contribution in [0.3, 0.4) is 0 Å². The zero-order valence-electron chi connectivity index (χ0n) is 18.7. The van der Waals surface area contributed by atoms with Gasteiger partial charge in [0.05, 0.1) is 7.11 Å². The number of rotatable bonds is 6. The maximum atomic E-state index is 5.39. The van der Waals surface area contributed by atoms with E-state index in [9.17, 15) is 0 Å². The summed E-state index contributed by atoms with van der Waals surface area (Å²) in [6.45, 7) is 4.30. The molecular weight excluding hydrogens is 546 g/mol. The number of benzene rings is 1. The number of ether oxygens (including phenoxy) is 1. The van der Waals surface area contributed by atoms with Gasteiger partial charge in [0, 0.05) is 55.4 Å². The first-order valence-corrected chi connectivity index (χ1v) is 13.0. The molecule has 0 N–H and O–H groups in total. The van der Waals surface area contributed by atoms with E-state index >= 15 is 0 Å². The van der Waals surface area contributed by atoms with Crippen molar-refractivity contribution in [2.45, 2.75) is 25.7 Å². The van der Waals surface area contributed by atoms with Gasteiger partial charge < -0.3 is 14.5 Å². The van der Waals surface area contributed by atoms with Crippen molar-refractivity contribution in [3.63, 3.8) is 0 Å². The first-order chi connectivity index (χ1) is 16.1. The summed E-state index contributed by atoms with van der Waals surface area (Å²) in [5.74, 6) is 2.47. The first-order valence-electron chi connectivity index (χ1n) is 11.4. The number of methoxy groups -OCH3 is 1. The van der Waals surface area contributed by atoms with Crippen LogP contribution in [0.15, 0.2) is 57.7 Å². The predicted octanol–water partition coefficient (Wildman–Crippen LogP) is 6.68. The summed E-state index contributed by atoms with van der Waals surface area (Å²) >= 11 is 7.31. The van der Waals surface area contributed by atoms with E-state index in [0.29, 0.717) is 0 Å². The van der Waals surface area contributed by atoms with E-state index in [4.69, 9.17) is 14.7 Å². The maximum absolute atomic E-state index is 5.39. The molecule has 2 aliphatic rings. The highest BCUT2D eigenvalue weighted by molar-refractivity contribution is 9.10. The minimum atomic E-state index is 0.815. The number of hydrogen-bond donors (Lipinski definition) is 0. The summed E-state index contributed by atoms with van der Waals surface area (Å²) in [5, 5.41) is 0.